The van der Waals surface area contributed by atoms with Crippen molar-refractivity contribution in [2.24, 2.45) is 5.73 Å². The zero-order valence-corrected chi connectivity index (χ0v) is 8.57. The molecule has 14 heavy (non-hydrogen) atoms. The van der Waals surface area contributed by atoms with Gasteiger partial charge in [0.05, 0.1) is 11.8 Å². The highest BCUT2D eigenvalue weighted by Gasteiger charge is 1.90. The minimum atomic E-state index is 0.384. The fourth-order valence-electron chi connectivity index (χ4n) is 0.775. The lowest BCUT2D eigenvalue weighted by molar-refractivity contribution is 0.715. The number of nitrogens with zero attached hydrogens (tertiary/aromatic N) is 2. The molecule has 0 fully saturated rings. The van der Waals surface area contributed by atoms with Crippen LogP contribution >= 0.6 is 0 Å². The van der Waals surface area contributed by atoms with Crippen LogP contribution in [0, 0.1) is 0 Å². The number of imidazole rings is 1. The zero-order chi connectivity index (χ0) is 10.4. The SMILES string of the molecule is CCC(C)N.c1cnc2nc[nH]c2c1. The first-order valence-corrected chi connectivity index (χ1v) is 4.73. The van der Waals surface area contributed by atoms with E-state index in [1.807, 2.05) is 19.1 Å². The molecule has 4 nitrogen and oxygen atoms in total. The van der Waals surface area contributed by atoms with Gasteiger partial charge in [-0.3, -0.25) is 0 Å². The Hall–Kier alpha value is -1.42. The van der Waals surface area contributed by atoms with E-state index in [2.05, 4.69) is 21.9 Å². The fraction of sp³-hybridized carbons (Fsp3) is 0.400. The molecular formula is C10H16N4. The molecule has 2 rings (SSSR count). The van der Waals surface area contributed by atoms with Crippen molar-refractivity contribution in [1.29, 1.82) is 0 Å². The number of hydrogen-bond donors (Lipinski definition) is 2. The maximum absolute atomic E-state index is 5.29. The van der Waals surface area contributed by atoms with Gasteiger partial charge >= 0.3 is 0 Å². The van der Waals surface area contributed by atoms with Crippen LogP contribution in [0.3, 0.4) is 0 Å². The van der Waals surface area contributed by atoms with Gasteiger partial charge in [-0.1, -0.05) is 6.92 Å². The van der Waals surface area contributed by atoms with Crippen LogP contribution in [0.15, 0.2) is 24.7 Å². The van der Waals surface area contributed by atoms with Gasteiger partial charge < -0.3 is 10.7 Å². The van der Waals surface area contributed by atoms with E-state index in [4.69, 9.17) is 5.73 Å². The molecular weight excluding hydrogens is 176 g/mol. The molecule has 0 saturated carbocycles. The van der Waals surface area contributed by atoms with Crippen LogP contribution < -0.4 is 5.73 Å². The summed E-state index contributed by atoms with van der Waals surface area (Å²) in [5.41, 5.74) is 7.05. The highest BCUT2D eigenvalue weighted by molar-refractivity contribution is 5.68. The maximum atomic E-state index is 5.29. The molecule has 0 radical (unpaired) electrons. The largest absolute Gasteiger partial charge is 0.343 e. The van der Waals surface area contributed by atoms with Crippen molar-refractivity contribution in [3.05, 3.63) is 24.7 Å². The van der Waals surface area contributed by atoms with Crippen molar-refractivity contribution < 1.29 is 0 Å². The number of rotatable bonds is 1. The van der Waals surface area contributed by atoms with Gasteiger partial charge in [0.1, 0.15) is 0 Å². The number of fused-ring (bicyclic) bond motifs is 1. The molecule has 1 atom stereocenters. The number of H-pyrrole nitrogens is 1. The van der Waals surface area contributed by atoms with Crippen molar-refractivity contribution in [3.63, 3.8) is 0 Å². The second-order valence-corrected chi connectivity index (χ2v) is 3.16. The molecule has 76 valence electrons. The predicted molar refractivity (Wildman–Crippen MR) is 57.8 cm³/mol. The van der Waals surface area contributed by atoms with Gasteiger partial charge in [-0.2, -0.15) is 0 Å². The number of aromatic amines is 1. The molecule has 0 aliphatic heterocycles. The van der Waals surface area contributed by atoms with E-state index in [9.17, 15) is 0 Å². The van der Waals surface area contributed by atoms with Crippen molar-refractivity contribution >= 4 is 11.2 Å². The van der Waals surface area contributed by atoms with E-state index in [1.54, 1.807) is 12.5 Å². The number of pyridine rings is 1. The molecule has 3 N–H and O–H groups in total. The van der Waals surface area contributed by atoms with Gasteiger partial charge in [0, 0.05) is 12.2 Å². The van der Waals surface area contributed by atoms with Crippen molar-refractivity contribution in [2.45, 2.75) is 26.3 Å². The quantitative estimate of drug-likeness (QED) is 0.722. The Morgan fingerprint density at radius 2 is 2.21 bits per heavy atom. The Bertz CT molecular complexity index is 337. The molecule has 0 aliphatic rings. The van der Waals surface area contributed by atoms with Crippen LogP contribution in [-0.2, 0) is 0 Å². The van der Waals surface area contributed by atoms with Crippen molar-refractivity contribution in [2.75, 3.05) is 0 Å². The lowest BCUT2D eigenvalue weighted by Gasteiger charge is -1.91. The van der Waals surface area contributed by atoms with Crippen molar-refractivity contribution in [1.82, 2.24) is 15.0 Å². The van der Waals surface area contributed by atoms with Gasteiger partial charge in [-0.05, 0) is 25.5 Å². The summed E-state index contributed by atoms with van der Waals surface area (Å²) in [6.07, 6.45) is 4.45. The van der Waals surface area contributed by atoms with Gasteiger partial charge in [0.2, 0.25) is 0 Å². The van der Waals surface area contributed by atoms with Gasteiger partial charge in [0.25, 0.3) is 0 Å². The van der Waals surface area contributed by atoms with E-state index < -0.39 is 0 Å². The van der Waals surface area contributed by atoms with E-state index in [0.717, 1.165) is 17.6 Å². The van der Waals surface area contributed by atoms with Crippen molar-refractivity contribution in [3.8, 4) is 0 Å². The lowest BCUT2D eigenvalue weighted by Crippen LogP contribution is -2.11. The smallest absolute Gasteiger partial charge is 0.177 e. The Kier molecular flexibility index (Phi) is 4.07. The topological polar surface area (TPSA) is 67.6 Å². The Labute approximate surface area is 83.6 Å². The number of nitrogens with two attached hydrogens (primary N) is 1. The normalized spacial score (nSPS) is 11.9. The predicted octanol–water partition coefficient (Wildman–Crippen LogP) is 1.70. The Balaban J connectivity index is 0.000000171. The fourth-order valence-corrected chi connectivity index (χ4v) is 0.775. The molecule has 0 aromatic carbocycles. The van der Waals surface area contributed by atoms with E-state index in [-0.39, 0.29) is 0 Å². The third-order valence-corrected chi connectivity index (χ3v) is 1.84. The molecule has 0 bridgehead atoms. The summed E-state index contributed by atoms with van der Waals surface area (Å²) in [6, 6.07) is 4.20. The third-order valence-electron chi connectivity index (χ3n) is 1.84. The van der Waals surface area contributed by atoms with Gasteiger partial charge in [0.15, 0.2) is 5.65 Å². The summed E-state index contributed by atoms with van der Waals surface area (Å²) < 4.78 is 0. The summed E-state index contributed by atoms with van der Waals surface area (Å²) >= 11 is 0. The van der Waals surface area contributed by atoms with Crippen LogP contribution in [0.2, 0.25) is 0 Å². The summed E-state index contributed by atoms with van der Waals surface area (Å²) in [7, 11) is 0. The van der Waals surface area contributed by atoms with E-state index in [1.165, 1.54) is 0 Å². The number of nitrogens with one attached hydrogen (secondary N) is 1. The average molecular weight is 192 g/mol. The summed E-state index contributed by atoms with van der Waals surface area (Å²) in [6.45, 7) is 4.07. The Morgan fingerprint density at radius 1 is 1.50 bits per heavy atom. The van der Waals surface area contributed by atoms with Gasteiger partial charge in [-0.15, -0.1) is 0 Å². The Morgan fingerprint density at radius 3 is 2.79 bits per heavy atom. The molecule has 1 unspecified atom stereocenters. The van der Waals surface area contributed by atoms with Crippen LogP contribution in [0.4, 0.5) is 0 Å². The summed E-state index contributed by atoms with van der Waals surface area (Å²) in [5, 5.41) is 0. The highest BCUT2D eigenvalue weighted by atomic mass is 14.9. The molecule has 2 heterocycles. The van der Waals surface area contributed by atoms with Crippen LogP contribution in [0.1, 0.15) is 20.3 Å². The minimum absolute atomic E-state index is 0.384. The first-order chi connectivity index (χ1) is 6.74. The lowest BCUT2D eigenvalue weighted by atomic mass is 10.3. The zero-order valence-electron chi connectivity index (χ0n) is 8.57. The molecule has 0 spiro atoms. The molecule has 2 aromatic heterocycles. The highest BCUT2D eigenvalue weighted by Crippen LogP contribution is 2.01. The number of aromatic nitrogens is 3. The van der Waals surface area contributed by atoms with Crippen LogP contribution in [-0.4, -0.2) is 21.0 Å². The summed E-state index contributed by atoms with van der Waals surface area (Å²) in [4.78, 5) is 10.9. The molecule has 0 aliphatic carbocycles. The second kappa shape index (κ2) is 5.34. The first-order valence-electron chi connectivity index (χ1n) is 4.73. The minimum Gasteiger partial charge on any atom is -0.343 e. The first kappa shape index (κ1) is 10.7. The van der Waals surface area contributed by atoms with E-state index >= 15 is 0 Å². The average Bonchev–Trinajstić information content (AvgIpc) is 2.66. The molecule has 0 amide bonds. The van der Waals surface area contributed by atoms with Crippen LogP contribution in [0.5, 0.6) is 0 Å². The monoisotopic (exact) mass is 192 g/mol. The maximum Gasteiger partial charge on any atom is 0.177 e. The van der Waals surface area contributed by atoms with E-state index in [0.29, 0.717) is 6.04 Å². The molecule has 2 aromatic rings. The standard InChI is InChI=1S/C6H5N3.C4H11N/c1-2-5-6(7-3-1)9-4-8-5;1-3-4(2)5/h1-4H,(H,7,8,9);4H,3,5H2,1-2H3. The molecule has 4 heteroatoms. The third kappa shape index (κ3) is 3.14. The molecule has 0 saturated heterocycles. The van der Waals surface area contributed by atoms with Gasteiger partial charge in [-0.25, -0.2) is 9.97 Å². The summed E-state index contributed by atoms with van der Waals surface area (Å²) in [5.74, 6) is 0. The second-order valence-electron chi connectivity index (χ2n) is 3.16. The number of hydrogen-bond acceptors (Lipinski definition) is 3. The van der Waals surface area contributed by atoms with Crippen LogP contribution in [0.25, 0.3) is 11.2 Å².